The SMILES string of the molecule is Cl.O=C(O)c1ccc(Oc2ccc(Oc3ccc4c(c3)C[C@@H](NC[C@@H](O)c3cccc(Cl)c3)CC4)cc2)cc1. The van der Waals surface area contributed by atoms with Crippen molar-refractivity contribution in [3.05, 3.63) is 118 Å². The molecule has 0 spiro atoms. The Morgan fingerprint density at radius 3 is 2.13 bits per heavy atom. The van der Waals surface area contributed by atoms with E-state index in [9.17, 15) is 9.90 Å². The third kappa shape index (κ3) is 7.52. The molecule has 1 aliphatic carbocycles. The number of rotatable bonds is 9. The molecular weight excluding hydrogens is 537 g/mol. The molecule has 0 unspecified atom stereocenters. The van der Waals surface area contributed by atoms with E-state index in [4.69, 9.17) is 26.2 Å². The van der Waals surface area contributed by atoms with Crippen molar-refractivity contribution in [3.8, 4) is 23.0 Å². The number of nitrogens with one attached hydrogen (secondary N) is 1. The smallest absolute Gasteiger partial charge is 0.335 e. The highest BCUT2D eigenvalue weighted by Gasteiger charge is 2.20. The largest absolute Gasteiger partial charge is 0.478 e. The van der Waals surface area contributed by atoms with Crippen LogP contribution in [-0.4, -0.2) is 28.8 Å². The maximum Gasteiger partial charge on any atom is 0.335 e. The summed E-state index contributed by atoms with van der Waals surface area (Å²) in [6.45, 7) is 0.467. The van der Waals surface area contributed by atoms with E-state index in [0.717, 1.165) is 30.6 Å². The Kier molecular flexibility index (Phi) is 9.49. The van der Waals surface area contributed by atoms with Gasteiger partial charge in [-0.1, -0.05) is 29.8 Å². The van der Waals surface area contributed by atoms with Crippen LogP contribution in [0.1, 0.15) is 39.6 Å². The number of carboxylic acids is 1. The van der Waals surface area contributed by atoms with Crippen molar-refractivity contribution in [1.82, 2.24) is 5.32 Å². The summed E-state index contributed by atoms with van der Waals surface area (Å²) in [7, 11) is 0. The number of halogens is 2. The predicted octanol–water partition coefficient (Wildman–Crippen LogP) is 7.23. The van der Waals surface area contributed by atoms with Crippen LogP contribution >= 0.6 is 24.0 Å². The number of aromatic carboxylic acids is 1. The van der Waals surface area contributed by atoms with E-state index in [1.807, 2.05) is 42.5 Å². The number of carboxylic acid groups (broad SMARTS) is 1. The molecule has 0 heterocycles. The first-order valence-corrected chi connectivity index (χ1v) is 12.9. The molecule has 4 aromatic rings. The zero-order valence-electron chi connectivity index (χ0n) is 21.0. The van der Waals surface area contributed by atoms with Gasteiger partial charge in [0, 0.05) is 17.6 Å². The van der Waals surface area contributed by atoms with Crippen molar-refractivity contribution in [2.45, 2.75) is 31.4 Å². The van der Waals surface area contributed by atoms with Gasteiger partial charge in [0.2, 0.25) is 0 Å². The minimum Gasteiger partial charge on any atom is -0.478 e. The quantitative estimate of drug-likeness (QED) is 0.198. The molecule has 0 bridgehead atoms. The van der Waals surface area contributed by atoms with E-state index >= 15 is 0 Å². The molecule has 0 saturated carbocycles. The van der Waals surface area contributed by atoms with Gasteiger partial charge in [0.05, 0.1) is 11.7 Å². The second-order valence-corrected chi connectivity index (χ2v) is 9.79. The standard InChI is InChI=1S/C31H28ClNO5.ClH/c32-24-3-1-2-22(16-24)30(34)19-33-25-8-4-20-5-11-29(18-23(20)17-25)38-28-14-12-27(13-15-28)37-26-9-6-21(7-10-26)31(35)36;/h1-3,5-7,9-16,18,25,30,33-34H,4,8,17,19H2,(H,35,36);1H/t25-,30+;/m0./s1. The summed E-state index contributed by atoms with van der Waals surface area (Å²) in [5, 5.41) is 23.7. The van der Waals surface area contributed by atoms with Crippen LogP contribution < -0.4 is 14.8 Å². The highest BCUT2D eigenvalue weighted by atomic mass is 35.5. The van der Waals surface area contributed by atoms with Crippen LogP contribution in [0.25, 0.3) is 0 Å². The van der Waals surface area contributed by atoms with Crippen molar-refractivity contribution in [1.29, 1.82) is 0 Å². The van der Waals surface area contributed by atoms with Crippen LogP contribution in [-0.2, 0) is 12.8 Å². The fourth-order valence-corrected chi connectivity index (χ4v) is 4.79. The third-order valence-corrected chi connectivity index (χ3v) is 6.87. The molecule has 0 aromatic heterocycles. The predicted molar refractivity (Wildman–Crippen MR) is 154 cm³/mol. The van der Waals surface area contributed by atoms with Crippen LogP contribution in [0, 0.1) is 0 Å². The van der Waals surface area contributed by atoms with Gasteiger partial charge >= 0.3 is 5.97 Å². The second-order valence-electron chi connectivity index (χ2n) is 9.35. The summed E-state index contributed by atoms with van der Waals surface area (Å²) in [5.74, 6) is 1.66. The lowest BCUT2D eigenvalue weighted by molar-refractivity contribution is 0.0697. The Bertz CT molecular complexity index is 1410. The molecular formula is C31H29Cl2NO5. The van der Waals surface area contributed by atoms with Crippen molar-refractivity contribution >= 4 is 30.0 Å². The van der Waals surface area contributed by atoms with Gasteiger partial charge in [0.25, 0.3) is 0 Å². The van der Waals surface area contributed by atoms with Gasteiger partial charge in [-0.05, 0) is 109 Å². The van der Waals surface area contributed by atoms with Crippen molar-refractivity contribution < 1.29 is 24.5 Å². The van der Waals surface area contributed by atoms with Gasteiger partial charge in [-0.25, -0.2) is 4.79 Å². The minimum atomic E-state index is -0.973. The number of aliphatic hydroxyl groups excluding tert-OH is 1. The monoisotopic (exact) mass is 565 g/mol. The van der Waals surface area contributed by atoms with E-state index in [2.05, 4.69) is 17.4 Å². The lowest BCUT2D eigenvalue weighted by Crippen LogP contribution is -2.37. The number of aryl methyl sites for hydroxylation is 1. The number of benzene rings is 4. The van der Waals surface area contributed by atoms with E-state index in [-0.39, 0.29) is 24.0 Å². The molecule has 8 heteroatoms. The lowest BCUT2D eigenvalue weighted by Gasteiger charge is -2.27. The average Bonchev–Trinajstić information content (AvgIpc) is 2.93. The molecule has 39 heavy (non-hydrogen) atoms. The Labute approximate surface area is 238 Å². The molecule has 2 atom stereocenters. The lowest BCUT2D eigenvalue weighted by atomic mass is 9.88. The Morgan fingerprint density at radius 2 is 1.49 bits per heavy atom. The van der Waals surface area contributed by atoms with Gasteiger partial charge in [-0.15, -0.1) is 12.4 Å². The van der Waals surface area contributed by atoms with E-state index in [1.165, 1.54) is 23.3 Å². The third-order valence-electron chi connectivity index (χ3n) is 6.64. The molecule has 202 valence electrons. The molecule has 0 saturated heterocycles. The van der Waals surface area contributed by atoms with Crippen molar-refractivity contribution in [2.24, 2.45) is 0 Å². The maximum atomic E-state index is 11.0. The van der Waals surface area contributed by atoms with Crippen LogP contribution in [0.2, 0.25) is 5.02 Å². The first-order valence-electron chi connectivity index (χ1n) is 12.5. The normalized spacial score (nSPS) is 15.0. The van der Waals surface area contributed by atoms with Gasteiger partial charge in [0.1, 0.15) is 23.0 Å². The number of carbonyl (C=O) groups is 1. The van der Waals surface area contributed by atoms with Crippen LogP contribution in [0.4, 0.5) is 0 Å². The average molecular weight is 566 g/mol. The summed E-state index contributed by atoms with van der Waals surface area (Å²) in [5.41, 5.74) is 3.59. The second kappa shape index (κ2) is 13.0. The Morgan fingerprint density at radius 1 is 0.872 bits per heavy atom. The van der Waals surface area contributed by atoms with Crippen molar-refractivity contribution in [2.75, 3.05) is 6.54 Å². The van der Waals surface area contributed by atoms with Crippen LogP contribution in [0.3, 0.4) is 0 Å². The maximum absolute atomic E-state index is 11.0. The number of fused-ring (bicyclic) bond motifs is 1. The molecule has 6 nitrogen and oxygen atoms in total. The molecule has 0 aliphatic heterocycles. The van der Waals surface area contributed by atoms with Crippen LogP contribution in [0.15, 0.2) is 91.0 Å². The molecule has 3 N–H and O–H groups in total. The van der Waals surface area contributed by atoms with E-state index in [0.29, 0.717) is 28.8 Å². The van der Waals surface area contributed by atoms with Gasteiger partial charge in [-0.3, -0.25) is 0 Å². The summed E-state index contributed by atoms with van der Waals surface area (Å²) >= 11 is 6.05. The zero-order chi connectivity index (χ0) is 26.5. The van der Waals surface area contributed by atoms with Gasteiger partial charge in [0.15, 0.2) is 0 Å². The zero-order valence-corrected chi connectivity index (χ0v) is 22.6. The first-order chi connectivity index (χ1) is 18.4. The molecule has 4 aromatic carbocycles. The highest BCUT2D eigenvalue weighted by molar-refractivity contribution is 6.30. The molecule has 0 fully saturated rings. The summed E-state index contributed by atoms with van der Waals surface area (Å²) in [6, 6.07) is 27.4. The molecule has 0 radical (unpaired) electrons. The summed E-state index contributed by atoms with van der Waals surface area (Å²) < 4.78 is 11.9. The van der Waals surface area contributed by atoms with Crippen molar-refractivity contribution in [3.63, 3.8) is 0 Å². The number of aliphatic hydroxyl groups is 1. The first kappa shape index (κ1) is 28.5. The Balaban J connectivity index is 0.00000353. The molecule has 0 amide bonds. The van der Waals surface area contributed by atoms with E-state index < -0.39 is 12.1 Å². The number of ether oxygens (including phenoxy) is 2. The number of hydrogen-bond acceptors (Lipinski definition) is 5. The number of hydrogen-bond donors (Lipinski definition) is 3. The fourth-order valence-electron chi connectivity index (χ4n) is 4.59. The molecule has 1 aliphatic rings. The minimum absolute atomic E-state index is 0. The molecule has 5 rings (SSSR count). The van der Waals surface area contributed by atoms with Gasteiger partial charge < -0.3 is 25.0 Å². The topological polar surface area (TPSA) is 88.0 Å². The van der Waals surface area contributed by atoms with E-state index in [1.54, 1.807) is 24.3 Å². The van der Waals surface area contributed by atoms with Crippen LogP contribution in [0.5, 0.6) is 23.0 Å². The fraction of sp³-hybridized carbons (Fsp3) is 0.194. The summed E-state index contributed by atoms with van der Waals surface area (Å²) in [6.07, 6.45) is 2.24. The summed E-state index contributed by atoms with van der Waals surface area (Å²) in [4.78, 5) is 11.0. The highest BCUT2D eigenvalue weighted by Crippen LogP contribution is 2.31. The van der Waals surface area contributed by atoms with Gasteiger partial charge in [-0.2, -0.15) is 0 Å². The Hall–Kier alpha value is -3.55.